The van der Waals surface area contributed by atoms with Crippen molar-refractivity contribution in [1.29, 1.82) is 15.8 Å². The lowest BCUT2D eigenvalue weighted by Gasteiger charge is -2.42. The standard InChI is InChI=1S/C34H41N7O2.C32H36ClN7O2.C32H36FN7O2.3H2S/c1-4-32(42)41-20-19-39(21-26(41)14-16-35)33-29-15-18-38(31-13-7-10-25-9-5-6-12-28(25)31)22-30(29)36-34(37-33)43-23-27-11-8-17-40(27)24(2)3;1-3-30(41)40-17-16-39(19-24(40)11-13-34)31-26-12-15-38(29-8-4-6-22-9-10-23(33)18-27(22)29)20-28(26)35-32(36-31)42-21-25-7-5-14-37(25)2;1-3-30(41)40-18-17-39(19-22(40)12-14-34)31-26-13-16-38(29-11-5-8-24-25(29)9-4-10-27(24)33)20-28(26)35-32(36-31)42-21-23-7-6-15-37(23)2;;;/h4-7,9-10,12-13,24,26-27H,1,8,11,14-15,17-23H2,2-3H3;3-4,6,8-10,18,24-25H,1,5,7,11-12,14-17,19-21H2,2H3;3-5,8-11,22-23H,1,6-7,12-13,15-21H2,2H3;3*1H2/t26?,27-;24?,25-;22?,23-;;;/m000.../s1. The number of fused-ring (bicyclic) bond motifs is 6. The summed E-state index contributed by atoms with van der Waals surface area (Å²) >= 11 is 6.40. The van der Waals surface area contributed by atoms with E-state index in [1.54, 1.807) is 20.8 Å². The van der Waals surface area contributed by atoms with Gasteiger partial charge >= 0.3 is 18.0 Å². The third-order valence-corrected chi connectivity index (χ3v) is 27.1. The first-order chi connectivity index (χ1) is 61.9. The van der Waals surface area contributed by atoms with Crippen LogP contribution < -0.4 is 43.6 Å². The Labute approximate surface area is 788 Å². The highest BCUT2D eigenvalue weighted by Crippen LogP contribution is 2.41. The highest BCUT2D eigenvalue weighted by Gasteiger charge is 2.40. The summed E-state index contributed by atoms with van der Waals surface area (Å²) in [5.41, 5.74) is 9.41. The second kappa shape index (κ2) is 44.1. The van der Waals surface area contributed by atoms with Gasteiger partial charge in [-0.25, -0.2) is 4.39 Å². The summed E-state index contributed by atoms with van der Waals surface area (Å²) in [5, 5.41) is 35.5. The second-order valence-electron chi connectivity index (χ2n) is 34.7. The van der Waals surface area contributed by atoms with E-state index in [0.29, 0.717) is 157 Å². The van der Waals surface area contributed by atoms with Crippen molar-refractivity contribution < 1.29 is 33.0 Å². The third-order valence-electron chi connectivity index (χ3n) is 26.9. The normalized spacial score (nSPS) is 20.3. The molecular weight excluding hydrogens is 1720 g/mol. The zero-order valence-corrected chi connectivity index (χ0v) is 78.6. The van der Waals surface area contributed by atoms with Gasteiger partial charge in [-0.1, -0.05) is 110 Å². The molecule has 12 heterocycles. The number of carbonyl (C=O) groups excluding carboxylic acids is 3. The van der Waals surface area contributed by atoms with E-state index in [1.165, 1.54) is 53.6 Å². The molecule has 3 aromatic heterocycles. The molecule has 0 saturated carbocycles. The summed E-state index contributed by atoms with van der Waals surface area (Å²) in [6, 6.07) is 46.9. The predicted octanol–water partition coefficient (Wildman–Crippen LogP) is 13.3. The van der Waals surface area contributed by atoms with Crippen LogP contribution in [-0.2, 0) is 53.3 Å². The van der Waals surface area contributed by atoms with Gasteiger partial charge in [0.25, 0.3) is 0 Å². The molecule has 0 aliphatic carbocycles. The number of carbonyl (C=O) groups is 3. The van der Waals surface area contributed by atoms with Crippen LogP contribution in [0, 0.1) is 39.8 Å². The summed E-state index contributed by atoms with van der Waals surface area (Å²) in [6.07, 6.45) is 13.8. The molecular formula is C98H119ClFN21O6S3. The van der Waals surface area contributed by atoms with Crippen molar-refractivity contribution in [3.05, 3.63) is 198 Å². The summed E-state index contributed by atoms with van der Waals surface area (Å²) in [6.45, 7) is 29.3. The largest absolute Gasteiger partial charge is 0.462 e. The highest BCUT2D eigenvalue weighted by molar-refractivity contribution is 7.59. The number of benzene rings is 6. The van der Waals surface area contributed by atoms with Crippen molar-refractivity contribution in [3.8, 4) is 36.2 Å². The van der Waals surface area contributed by atoms with Crippen molar-refractivity contribution in [3.63, 3.8) is 0 Å². The van der Waals surface area contributed by atoms with Gasteiger partial charge in [0, 0.05) is 163 Å². The van der Waals surface area contributed by atoms with E-state index in [0.717, 1.165) is 157 Å². The molecule has 9 aromatic rings. The number of likely N-dealkylation sites (N-methyl/N-ethyl adjacent to an activating group) is 2. The van der Waals surface area contributed by atoms with Gasteiger partial charge in [-0.3, -0.25) is 19.3 Å². The number of hydrogen-bond acceptors (Lipinski definition) is 24. The Morgan fingerprint density at radius 1 is 0.438 bits per heavy atom. The number of aromatic nitrogens is 6. The molecule has 0 radical (unpaired) electrons. The molecule has 6 fully saturated rings. The molecule has 9 aliphatic rings. The number of anilines is 6. The Morgan fingerprint density at radius 3 is 1.23 bits per heavy atom. The lowest BCUT2D eigenvalue weighted by Crippen LogP contribution is -2.55. The number of rotatable bonds is 22. The summed E-state index contributed by atoms with van der Waals surface area (Å²) < 4.78 is 33.5. The predicted molar refractivity (Wildman–Crippen MR) is 525 cm³/mol. The van der Waals surface area contributed by atoms with E-state index in [9.17, 15) is 34.6 Å². The molecule has 3 amide bonds. The van der Waals surface area contributed by atoms with Crippen molar-refractivity contribution in [2.24, 2.45) is 0 Å². The number of ether oxygens (including phenoxy) is 3. The average Bonchev–Trinajstić information content (AvgIpc) is 1.00. The van der Waals surface area contributed by atoms with E-state index in [-0.39, 0.29) is 101 Å². The Bertz CT molecular complexity index is 5560. The van der Waals surface area contributed by atoms with E-state index in [1.807, 2.05) is 36.4 Å². The maximum atomic E-state index is 14.6. The lowest BCUT2D eigenvalue weighted by atomic mass is 10.0. The molecule has 684 valence electrons. The number of nitrogens with zero attached hydrogens (tertiary/aromatic N) is 21. The molecule has 18 rings (SSSR count). The minimum absolute atomic E-state index is 0. The fraction of sp³-hybridized carbons (Fsp3) is 0.449. The Hall–Kier alpha value is -11.2. The van der Waals surface area contributed by atoms with Crippen LogP contribution in [0.25, 0.3) is 32.3 Å². The van der Waals surface area contributed by atoms with Gasteiger partial charge in [-0.05, 0) is 171 Å². The van der Waals surface area contributed by atoms with Crippen molar-refractivity contribution in [1.82, 2.24) is 59.3 Å². The van der Waals surface area contributed by atoms with Crippen molar-refractivity contribution >= 4 is 137 Å². The fourth-order valence-electron chi connectivity index (χ4n) is 20.1. The van der Waals surface area contributed by atoms with E-state index in [2.05, 4.69) is 177 Å². The molecule has 9 aliphatic heterocycles. The molecule has 6 saturated heterocycles. The number of nitriles is 3. The fourth-order valence-corrected chi connectivity index (χ4v) is 20.3. The van der Waals surface area contributed by atoms with Crippen LogP contribution >= 0.6 is 52.1 Å². The highest BCUT2D eigenvalue weighted by atomic mass is 35.5. The van der Waals surface area contributed by atoms with Gasteiger partial charge in [-0.15, -0.1) is 0 Å². The van der Waals surface area contributed by atoms with Crippen LogP contribution in [0.2, 0.25) is 5.02 Å². The zero-order chi connectivity index (χ0) is 88.4. The molecule has 130 heavy (non-hydrogen) atoms. The average molecular weight is 1840 g/mol. The van der Waals surface area contributed by atoms with Crippen molar-refractivity contribution in [2.45, 2.75) is 153 Å². The van der Waals surface area contributed by atoms with Gasteiger partial charge in [-0.2, -0.15) is 86.2 Å². The quantitative estimate of drug-likeness (QED) is 0.0571. The molecule has 6 atom stereocenters. The molecule has 0 N–H and O–H groups in total. The third kappa shape index (κ3) is 21.4. The molecule has 0 bridgehead atoms. The first-order valence-corrected chi connectivity index (χ1v) is 45.2. The number of amides is 3. The Morgan fingerprint density at radius 2 is 0.808 bits per heavy atom. The van der Waals surface area contributed by atoms with Crippen LogP contribution in [0.15, 0.2) is 153 Å². The smallest absolute Gasteiger partial charge is 0.318 e. The summed E-state index contributed by atoms with van der Waals surface area (Å²) in [4.78, 5) is 93.4. The summed E-state index contributed by atoms with van der Waals surface area (Å²) in [7, 11) is 4.25. The van der Waals surface area contributed by atoms with Crippen LogP contribution in [0.5, 0.6) is 18.0 Å². The topological polar surface area (TPSA) is 266 Å². The monoisotopic (exact) mass is 1840 g/mol. The van der Waals surface area contributed by atoms with E-state index >= 15 is 0 Å². The molecule has 32 heteroatoms. The first-order valence-electron chi connectivity index (χ1n) is 44.8. The van der Waals surface area contributed by atoms with Gasteiger partial charge in [0.05, 0.1) is 92.3 Å². The second-order valence-corrected chi connectivity index (χ2v) is 35.2. The number of halogens is 2. The van der Waals surface area contributed by atoms with Crippen LogP contribution in [0.1, 0.15) is 105 Å². The SMILES string of the molecule is C=CC(=O)N1CCN(c2nc(OC[C@@H]3CCCN3C(C)C)nc3c2CCN(c2cccc4ccccc24)C3)CC1CC#N.C=CC(=O)N1CCN(c2nc(OC[C@@H]3CCCN3C)nc3c2CCN(c2cccc4c(F)cccc24)C3)CC1CC#N.C=CC(=O)N1CCN(c2nc(OC[C@@H]3CCCN3C)nc3c2CCN(c2cccc4ccc(Cl)cc24)C3)CC1CC#N.S.S.S. The van der Waals surface area contributed by atoms with Crippen LogP contribution in [-0.4, -0.2) is 251 Å². The van der Waals surface area contributed by atoms with Crippen molar-refractivity contribution in [2.75, 3.05) is 161 Å². The maximum absolute atomic E-state index is 14.6. The van der Waals surface area contributed by atoms with E-state index in [4.69, 9.17) is 55.7 Å². The van der Waals surface area contributed by atoms with Crippen LogP contribution in [0.3, 0.4) is 0 Å². The molecule has 27 nitrogen and oxygen atoms in total. The van der Waals surface area contributed by atoms with Gasteiger partial charge < -0.3 is 68.1 Å². The minimum atomic E-state index is -0.262. The Balaban J connectivity index is 0.000000164. The van der Waals surface area contributed by atoms with Crippen LogP contribution in [0.4, 0.5) is 38.9 Å². The molecule has 0 spiro atoms. The molecule has 6 aromatic carbocycles. The number of piperazine rings is 3. The van der Waals surface area contributed by atoms with E-state index < -0.39 is 0 Å². The number of hydrogen-bond donors (Lipinski definition) is 0. The zero-order valence-electron chi connectivity index (χ0n) is 74.8. The van der Waals surface area contributed by atoms with Gasteiger partial charge in [0.1, 0.15) is 43.1 Å². The number of likely N-dealkylation sites (tertiary alicyclic amines) is 3. The first kappa shape index (κ1) is 96.3. The lowest BCUT2D eigenvalue weighted by molar-refractivity contribution is -0.129. The Kier molecular flexibility index (Phi) is 32.7. The van der Waals surface area contributed by atoms with Gasteiger partial charge in [0.2, 0.25) is 17.7 Å². The maximum Gasteiger partial charge on any atom is 0.318 e. The summed E-state index contributed by atoms with van der Waals surface area (Å²) in [5.74, 6) is 1.87. The molecule has 3 unspecified atom stereocenters. The minimum Gasteiger partial charge on any atom is -0.462 e. The van der Waals surface area contributed by atoms with Gasteiger partial charge in [0.15, 0.2) is 0 Å².